The van der Waals surface area contributed by atoms with Crippen LogP contribution in [0.5, 0.6) is 0 Å². The van der Waals surface area contributed by atoms with E-state index < -0.39 is 0 Å². The third-order valence-corrected chi connectivity index (χ3v) is 9.69. The molecule has 0 bridgehead atoms. The van der Waals surface area contributed by atoms with Gasteiger partial charge in [-0.25, -0.2) is 0 Å². The van der Waals surface area contributed by atoms with E-state index in [-0.39, 0.29) is 60.9 Å². The van der Waals surface area contributed by atoms with E-state index in [9.17, 15) is 0 Å². The van der Waals surface area contributed by atoms with Crippen molar-refractivity contribution in [3.8, 4) is 0 Å². The summed E-state index contributed by atoms with van der Waals surface area (Å²) >= 11 is 0. The van der Waals surface area contributed by atoms with Crippen LogP contribution < -0.4 is 56.6 Å². The molecule has 2 heteroatoms. The Bertz CT molecular complexity index is 591. The van der Waals surface area contributed by atoms with Crippen LogP contribution in [-0.2, 0) is 0 Å². The molecule has 0 amide bonds. The Hall–Kier alpha value is 0.683. The first kappa shape index (κ1) is 21.0. The van der Waals surface area contributed by atoms with Crippen LogP contribution in [-0.4, -0.2) is 9.52 Å². The summed E-state index contributed by atoms with van der Waals surface area (Å²) in [5, 5.41) is 2.27. The fourth-order valence-electron chi connectivity index (χ4n) is 4.94. The molecule has 126 valence electrons. The average molecular weight is 365 g/mol. The smallest absolute Gasteiger partial charge is 0.196 e. The van der Waals surface area contributed by atoms with Crippen molar-refractivity contribution in [3.63, 3.8) is 0 Å². The van der Waals surface area contributed by atoms with Gasteiger partial charge in [0.05, 0.1) is 0 Å². The zero-order chi connectivity index (χ0) is 16.4. The van der Waals surface area contributed by atoms with E-state index in [0.29, 0.717) is 5.04 Å². The minimum absolute atomic E-state index is 0. The van der Waals surface area contributed by atoms with Gasteiger partial charge in [-0.3, -0.25) is 0 Å². The maximum atomic E-state index is 2.60. The van der Waals surface area contributed by atoms with Crippen molar-refractivity contribution in [1.82, 2.24) is 0 Å². The Morgan fingerprint density at radius 2 is 1.62 bits per heavy atom. The van der Waals surface area contributed by atoms with Gasteiger partial charge in [0.15, 0.2) is 0 Å². The molecule has 2 aliphatic rings. The molecule has 1 aromatic rings. The van der Waals surface area contributed by atoms with Crippen molar-refractivity contribution < 1.29 is 51.4 Å². The molecular formula is C22H33KSi. The van der Waals surface area contributed by atoms with Gasteiger partial charge in [-0.1, -0.05) is 84.1 Å². The number of allylic oxidation sites excluding steroid dienone is 4. The molecule has 1 atom stereocenters. The van der Waals surface area contributed by atoms with Crippen molar-refractivity contribution in [2.45, 2.75) is 77.7 Å². The molecule has 0 N–H and O–H groups in total. The first-order chi connectivity index (χ1) is 11.0. The monoisotopic (exact) mass is 364 g/mol. The quantitative estimate of drug-likeness (QED) is 0.567. The van der Waals surface area contributed by atoms with Gasteiger partial charge < -0.3 is 0 Å². The van der Waals surface area contributed by atoms with Gasteiger partial charge in [-0.15, -0.1) is 0 Å². The number of hydrogen-bond donors (Lipinski definition) is 0. The molecule has 0 radical (unpaired) electrons. The maximum Gasteiger partial charge on any atom is 1.00 e. The summed E-state index contributed by atoms with van der Waals surface area (Å²) in [6.45, 7) is 9.38. The molecule has 0 saturated heterocycles. The van der Waals surface area contributed by atoms with E-state index in [1.807, 2.05) is 0 Å². The van der Waals surface area contributed by atoms with E-state index >= 15 is 0 Å². The summed E-state index contributed by atoms with van der Waals surface area (Å²) in [5.74, 6) is 0.977. The third kappa shape index (κ3) is 4.50. The van der Waals surface area contributed by atoms with Crippen molar-refractivity contribution >= 4 is 14.7 Å². The van der Waals surface area contributed by atoms with Crippen LogP contribution in [0.2, 0.25) is 5.04 Å². The Kier molecular flexibility index (Phi) is 7.92. The van der Waals surface area contributed by atoms with E-state index in [4.69, 9.17) is 0 Å². The molecule has 0 aliphatic heterocycles. The largest absolute Gasteiger partial charge is 1.00 e. The van der Waals surface area contributed by atoms with Crippen LogP contribution in [0, 0.1) is 33.6 Å². The van der Waals surface area contributed by atoms with Crippen molar-refractivity contribution in [1.29, 1.82) is 0 Å². The molecule has 1 fully saturated rings. The molecule has 24 heavy (non-hydrogen) atoms. The predicted molar refractivity (Wildman–Crippen MR) is 106 cm³/mol. The Labute approximate surface area is 194 Å². The van der Waals surface area contributed by atoms with Gasteiger partial charge in [0.1, 0.15) is 0 Å². The topological polar surface area (TPSA) is 0 Å². The fourth-order valence-corrected chi connectivity index (χ4v) is 7.83. The molecule has 3 rings (SSSR count). The summed E-state index contributed by atoms with van der Waals surface area (Å²) < 4.78 is 0. The Morgan fingerprint density at radius 3 is 2.17 bits per heavy atom. The van der Waals surface area contributed by atoms with Crippen LogP contribution in [0.25, 0.3) is 0 Å². The van der Waals surface area contributed by atoms with Crippen LogP contribution in [0.3, 0.4) is 0 Å². The second kappa shape index (κ2) is 9.06. The van der Waals surface area contributed by atoms with Crippen LogP contribution in [0.4, 0.5) is 0 Å². The van der Waals surface area contributed by atoms with E-state index in [1.54, 1.807) is 27.4 Å². The molecule has 0 heterocycles. The summed E-state index contributed by atoms with van der Waals surface area (Å²) in [6, 6.07) is 0. The molecule has 0 spiro atoms. The second-order valence-electron chi connectivity index (χ2n) is 8.22. The minimum atomic E-state index is -0.306. The fraction of sp³-hybridized carbons (Fsp3) is 0.591. The summed E-state index contributed by atoms with van der Waals surface area (Å²) in [7, 11) is -0.306. The van der Waals surface area contributed by atoms with Gasteiger partial charge in [0.25, 0.3) is 0 Å². The van der Waals surface area contributed by atoms with E-state index in [0.717, 1.165) is 5.92 Å². The number of hydrogen-bond acceptors (Lipinski definition) is 0. The standard InChI is InChI=1S/C22H33Si.K/c1-16-17(2)19(4)21(18(16)3)23-22(13-9-6-10-14-22)15-20-11-7-5-8-12-20;/h6,9-10,13,20H,5,7-8,11-12,14-15,23H2,1-4H3;/q-1;+1. The zero-order valence-electron chi connectivity index (χ0n) is 16.5. The Balaban J connectivity index is 0.00000208. The van der Waals surface area contributed by atoms with Crippen LogP contribution >= 0.6 is 0 Å². The molecule has 0 nitrogen and oxygen atoms in total. The van der Waals surface area contributed by atoms with Gasteiger partial charge >= 0.3 is 51.4 Å². The van der Waals surface area contributed by atoms with Crippen molar-refractivity contribution in [2.75, 3.05) is 0 Å². The van der Waals surface area contributed by atoms with Crippen molar-refractivity contribution in [2.24, 2.45) is 5.92 Å². The minimum Gasteiger partial charge on any atom is -0.196 e. The molecule has 1 unspecified atom stereocenters. The van der Waals surface area contributed by atoms with E-state index in [2.05, 4.69) is 52.0 Å². The summed E-state index contributed by atoms with van der Waals surface area (Å²) in [6.07, 6.45) is 19.7. The molecule has 0 aromatic heterocycles. The summed E-state index contributed by atoms with van der Waals surface area (Å²) in [5.41, 5.74) is 6.32. The van der Waals surface area contributed by atoms with Gasteiger partial charge in [-0.05, 0) is 23.8 Å². The summed E-state index contributed by atoms with van der Waals surface area (Å²) in [4.78, 5) is 0. The molecular weight excluding hydrogens is 331 g/mol. The SMILES string of the molecule is Cc1c(C)c(C)[c-]([SiH2]C2(CC3CCCCC3)C=CC=CC2)c1C.[K+]. The second-order valence-corrected chi connectivity index (χ2v) is 10.7. The average Bonchev–Trinajstić information content (AvgIpc) is 2.74. The normalized spacial score (nSPS) is 24.7. The molecule has 1 saturated carbocycles. The third-order valence-electron chi connectivity index (χ3n) is 6.76. The van der Waals surface area contributed by atoms with Gasteiger partial charge in [-0.2, -0.15) is 27.4 Å². The van der Waals surface area contributed by atoms with Crippen molar-refractivity contribution in [3.05, 3.63) is 46.6 Å². The maximum absolute atomic E-state index is 2.60. The molecule has 2 aliphatic carbocycles. The number of rotatable bonds is 4. The van der Waals surface area contributed by atoms with Gasteiger partial charge in [0.2, 0.25) is 0 Å². The Morgan fingerprint density at radius 1 is 1.00 bits per heavy atom. The zero-order valence-corrected chi connectivity index (χ0v) is 21.1. The predicted octanol–water partition coefficient (Wildman–Crippen LogP) is 2.08. The van der Waals surface area contributed by atoms with Crippen LogP contribution in [0.1, 0.15) is 67.2 Å². The van der Waals surface area contributed by atoms with Crippen LogP contribution in [0.15, 0.2) is 24.3 Å². The first-order valence-corrected chi connectivity index (χ1v) is 11.0. The van der Waals surface area contributed by atoms with E-state index in [1.165, 1.54) is 44.9 Å². The van der Waals surface area contributed by atoms with Gasteiger partial charge in [0, 0.05) is 9.52 Å². The molecule has 1 aromatic carbocycles. The first-order valence-electron chi connectivity index (χ1n) is 9.59.